The Kier molecular flexibility index (Phi) is 4.45. The third-order valence-electron chi connectivity index (χ3n) is 3.92. The van der Waals surface area contributed by atoms with Gasteiger partial charge in [-0.25, -0.2) is 14.0 Å². The molecule has 1 fully saturated rings. The molecule has 1 aromatic carbocycles. The smallest absolute Gasteiger partial charge is 0.329 e. The van der Waals surface area contributed by atoms with Crippen LogP contribution in [0.25, 0.3) is 0 Å². The van der Waals surface area contributed by atoms with Crippen LogP contribution in [0.5, 0.6) is 0 Å². The molecule has 0 unspecified atom stereocenters. The molecule has 1 aliphatic carbocycles. The Morgan fingerprint density at radius 2 is 1.95 bits per heavy atom. The van der Waals surface area contributed by atoms with Crippen LogP contribution in [0.3, 0.4) is 0 Å². The monoisotopic (exact) mass is 294 g/mol. The lowest BCUT2D eigenvalue weighted by Crippen LogP contribution is -2.56. The number of carbonyl (C=O) groups is 2. The molecule has 1 saturated carbocycles. The lowest BCUT2D eigenvalue weighted by molar-refractivity contribution is -0.144. The number of carbonyl (C=O) groups excluding carboxylic acids is 1. The first-order valence-electron chi connectivity index (χ1n) is 7.08. The summed E-state index contributed by atoms with van der Waals surface area (Å²) in [5.41, 5.74) is -1.08. The summed E-state index contributed by atoms with van der Waals surface area (Å²) in [7, 11) is 0. The quantitative estimate of drug-likeness (QED) is 0.897. The average molecular weight is 294 g/mol. The fourth-order valence-electron chi connectivity index (χ4n) is 2.74. The zero-order chi connectivity index (χ0) is 15.5. The lowest BCUT2D eigenvalue weighted by atomic mass is 9.98. The number of para-hydroxylation sites is 1. The highest BCUT2D eigenvalue weighted by Gasteiger charge is 2.43. The second-order valence-electron chi connectivity index (χ2n) is 5.22. The van der Waals surface area contributed by atoms with Crippen LogP contribution in [0.15, 0.2) is 24.3 Å². The summed E-state index contributed by atoms with van der Waals surface area (Å²) in [6.45, 7) is 1.97. The van der Waals surface area contributed by atoms with E-state index in [-0.39, 0.29) is 12.2 Å². The zero-order valence-corrected chi connectivity index (χ0v) is 11.9. The molecule has 0 saturated heterocycles. The maximum atomic E-state index is 13.8. The molecule has 0 aromatic heterocycles. The summed E-state index contributed by atoms with van der Waals surface area (Å²) in [6, 6.07) is 5.37. The van der Waals surface area contributed by atoms with Crippen molar-refractivity contribution in [1.29, 1.82) is 0 Å². The summed E-state index contributed by atoms with van der Waals surface area (Å²) < 4.78 is 13.8. The van der Waals surface area contributed by atoms with Gasteiger partial charge in [-0.05, 0) is 31.9 Å². The van der Waals surface area contributed by atoms with Crippen LogP contribution in [0.4, 0.5) is 14.9 Å². The van der Waals surface area contributed by atoms with Crippen LogP contribution in [-0.4, -0.2) is 29.2 Å². The highest BCUT2D eigenvalue weighted by atomic mass is 19.1. The molecule has 2 N–H and O–H groups in total. The molecule has 0 heterocycles. The Bertz CT molecular complexity index is 541. The Balaban J connectivity index is 2.21. The predicted molar refractivity (Wildman–Crippen MR) is 76.8 cm³/mol. The van der Waals surface area contributed by atoms with Crippen molar-refractivity contribution < 1.29 is 19.1 Å². The molecule has 0 aliphatic heterocycles. The lowest BCUT2D eigenvalue weighted by Gasteiger charge is -2.30. The minimum Gasteiger partial charge on any atom is -0.480 e. The molecule has 1 aliphatic rings. The van der Waals surface area contributed by atoms with Crippen molar-refractivity contribution >= 4 is 17.7 Å². The Morgan fingerprint density at radius 3 is 2.48 bits per heavy atom. The number of anilines is 1. The van der Waals surface area contributed by atoms with Crippen molar-refractivity contribution in [1.82, 2.24) is 5.32 Å². The van der Waals surface area contributed by atoms with Gasteiger partial charge in [-0.1, -0.05) is 25.0 Å². The van der Waals surface area contributed by atoms with Gasteiger partial charge in [0.15, 0.2) is 0 Å². The number of amides is 2. The first-order chi connectivity index (χ1) is 10.00. The largest absolute Gasteiger partial charge is 0.480 e. The maximum Gasteiger partial charge on any atom is 0.329 e. The molecular formula is C15H19FN2O3. The van der Waals surface area contributed by atoms with Crippen LogP contribution in [0.1, 0.15) is 32.6 Å². The van der Waals surface area contributed by atoms with E-state index < -0.39 is 23.4 Å². The van der Waals surface area contributed by atoms with Crippen LogP contribution in [0.2, 0.25) is 0 Å². The van der Waals surface area contributed by atoms with E-state index >= 15 is 0 Å². The van der Waals surface area contributed by atoms with E-state index in [1.54, 1.807) is 19.1 Å². The van der Waals surface area contributed by atoms with Gasteiger partial charge in [0, 0.05) is 6.54 Å². The van der Waals surface area contributed by atoms with Gasteiger partial charge in [-0.3, -0.25) is 4.90 Å². The Morgan fingerprint density at radius 1 is 1.33 bits per heavy atom. The summed E-state index contributed by atoms with van der Waals surface area (Å²) in [5.74, 6) is -1.54. The molecule has 0 radical (unpaired) electrons. The van der Waals surface area contributed by atoms with E-state index in [0.29, 0.717) is 12.8 Å². The highest BCUT2D eigenvalue weighted by molar-refractivity contribution is 5.96. The van der Waals surface area contributed by atoms with Gasteiger partial charge in [-0.2, -0.15) is 0 Å². The number of carboxylic acids is 1. The molecule has 2 rings (SSSR count). The summed E-state index contributed by atoms with van der Waals surface area (Å²) >= 11 is 0. The number of rotatable bonds is 4. The highest BCUT2D eigenvalue weighted by Crippen LogP contribution is 2.30. The topological polar surface area (TPSA) is 69.6 Å². The Hall–Kier alpha value is -2.11. The van der Waals surface area contributed by atoms with Gasteiger partial charge >= 0.3 is 12.0 Å². The predicted octanol–water partition coefficient (Wildman–Crippen LogP) is 2.76. The summed E-state index contributed by atoms with van der Waals surface area (Å²) in [6.07, 6.45) is 2.34. The fourth-order valence-corrected chi connectivity index (χ4v) is 2.74. The number of halogens is 1. The SMILES string of the molecule is CCN(C(=O)NC1(C(=O)O)CCCC1)c1ccccc1F. The van der Waals surface area contributed by atoms with E-state index in [1.165, 1.54) is 17.0 Å². The molecule has 114 valence electrons. The van der Waals surface area contributed by atoms with Gasteiger partial charge < -0.3 is 10.4 Å². The van der Waals surface area contributed by atoms with Crippen LogP contribution < -0.4 is 10.2 Å². The maximum absolute atomic E-state index is 13.8. The molecule has 21 heavy (non-hydrogen) atoms. The normalized spacial score (nSPS) is 16.5. The van der Waals surface area contributed by atoms with Gasteiger partial charge in [0.2, 0.25) is 0 Å². The van der Waals surface area contributed by atoms with Crippen LogP contribution in [-0.2, 0) is 4.79 Å². The number of benzene rings is 1. The van der Waals surface area contributed by atoms with Gasteiger partial charge in [0.1, 0.15) is 11.4 Å². The number of aliphatic carboxylic acids is 1. The Labute approximate surface area is 122 Å². The molecule has 1 aromatic rings. The second-order valence-corrected chi connectivity index (χ2v) is 5.22. The van der Waals surface area contributed by atoms with Crippen molar-refractivity contribution in [3.05, 3.63) is 30.1 Å². The van der Waals surface area contributed by atoms with E-state index in [1.807, 2.05) is 0 Å². The number of nitrogens with one attached hydrogen (secondary N) is 1. The van der Waals surface area contributed by atoms with Crippen LogP contribution in [0, 0.1) is 5.82 Å². The third kappa shape index (κ3) is 2.99. The minimum atomic E-state index is -1.23. The molecular weight excluding hydrogens is 275 g/mol. The third-order valence-corrected chi connectivity index (χ3v) is 3.92. The van der Waals surface area contributed by atoms with Crippen LogP contribution >= 0.6 is 0 Å². The van der Waals surface area contributed by atoms with Crippen molar-refractivity contribution in [2.24, 2.45) is 0 Å². The van der Waals surface area contributed by atoms with E-state index in [4.69, 9.17) is 0 Å². The molecule has 6 heteroatoms. The molecule has 5 nitrogen and oxygen atoms in total. The number of hydrogen-bond acceptors (Lipinski definition) is 2. The summed E-state index contributed by atoms with van der Waals surface area (Å²) in [4.78, 5) is 25.1. The fraction of sp³-hybridized carbons (Fsp3) is 0.467. The number of carboxylic acid groups (broad SMARTS) is 1. The summed E-state index contributed by atoms with van der Waals surface area (Å²) in [5, 5.41) is 12.0. The first-order valence-corrected chi connectivity index (χ1v) is 7.08. The van der Waals surface area contributed by atoms with Gasteiger partial charge in [0.25, 0.3) is 0 Å². The average Bonchev–Trinajstić information content (AvgIpc) is 2.91. The van der Waals surface area contributed by atoms with E-state index in [0.717, 1.165) is 12.8 Å². The number of hydrogen-bond donors (Lipinski definition) is 2. The molecule has 0 spiro atoms. The second kappa shape index (κ2) is 6.11. The molecule has 0 atom stereocenters. The van der Waals surface area contributed by atoms with Gasteiger partial charge in [0.05, 0.1) is 5.69 Å². The van der Waals surface area contributed by atoms with Crippen molar-refractivity contribution in [2.45, 2.75) is 38.1 Å². The van der Waals surface area contributed by atoms with Gasteiger partial charge in [-0.15, -0.1) is 0 Å². The standard InChI is InChI=1S/C15H19FN2O3/c1-2-18(12-8-4-3-7-11(12)16)14(21)17-15(13(19)20)9-5-6-10-15/h3-4,7-8H,2,5-6,9-10H2,1H3,(H,17,21)(H,19,20). The first kappa shape index (κ1) is 15.3. The molecule has 2 amide bonds. The number of nitrogens with zero attached hydrogens (tertiary/aromatic N) is 1. The van der Waals surface area contributed by atoms with Crippen molar-refractivity contribution in [3.8, 4) is 0 Å². The van der Waals surface area contributed by atoms with E-state index in [2.05, 4.69) is 5.32 Å². The van der Waals surface area contributed by atoms with Crippen molar-refractivity contribution in [2.75, 3.05) is 11.4 Å². The minimum absolute atomic E-state index is 0.149. The van der Waals surface area contributed by atoms with Crippen molar-refractivity contribution in [3.63, 3.8) is 0 Å². The molecule has 0 bridgehead atoms. The zero-order valence-electron chi connectivity index (χ0n) is 11.9. The van der Waals surface area contributed by atoms with E-state index in [9.17, 15) is 19.1 Å². The number of urea groups is 1.